The standard InChI is InChI=1S/C23H21NO5/c1-23(2,22(28)29)12-19(25)14-8-7-13-10-16(11-15(13)9-14)24-20(26)17-5-3-4-6-18(17)21(24)27/h3-9,16H,10-12H2,1-2H3,(H,28,29). The lowest BCUT2D eigenvalue weighted by Crippen LogP contribution is -2.40. The maximum Gasteiger partial charge on any atom is 0.309 e. The molecule has 0 saturated carbocycles. The Morgan fingerprint density at radius 2 is 1.59 bits per heavy atom. The molecule has 148 valence electrons. The molecule has 0 aromatic heterocycles. The molecule has 2 aromatic carbocycles. The molecule has 1 aliphatic heterocycles. The van der Waals surface area contributed by atoms with E-state index in [1.54, 1.807) is 36.4 Å². The van der Waals surface area contributed by atoms with Crippen molar-refractivity contribution in [2.75, 3.05) is 0 Å². The van der Waals surface area contributed by atoms with Crippen LogP contribution in [0.5, 0.6) is 0 Å². The minimum absolute atomic E-state index is 0.0943. The molecule has 0 radical (unpaired) electrons. The van der Waals surface area contributed by atoms with Crippen LogP contribution in [0.2, 0.25) is 0 Å². The Kier molecular flexibility index (Phi) is 4.37. The number of imide groups is 1. The van der Waals surface area contributed by atoms with Crippen LogP contribution in [0.25, 0.3) is 0 Å². The highest BCUT2D eigenvalue weighted by atomic mass is 16.4. The van der Waals surface area contributed by atoms with Crippen LogP contribution in [-0.4, -0.2) is 39.6 Å². The van der Waals surface area contributed by atoms with Gasteiger partial charge in [-0.3, -0.25) is 24.1 Å². The lowest BCUT2D eigenvalue weighted by atomic mass is 9.85. The summed E-state index contributed by atoms with van der Waals surface area (Å²) in [5.41, 5.74) is 2.10. The largest absolute Gasteiger partial charge is 0.481 e. The van der Waals surface area contributed by atoms with E-state index in [1.165, 1.54) is 18.7 Å². The number of carboxylic acids is 1. The van der Waals surface area contributed by atoms with Gasteiger partial charge in [-0.15, -0.1) is 0 Å². The Morgan fingerprint density at radius 1 is 1.00 bits per heavy atom. The number of carbonyl (C=O) groups is 4. The van der Waals surface area contributed by atoms with E-state index in [2.05, 4.69) is 0 Å². The van der Waals surface area contributed by atoms with Crippen LogP contribution in [0.15, 0.2) is 42.5 Å². The smallest absolute Gasteiger partial charge is 0.309 e. The molecule has 1 aliphatic carbocycles. The zero-order valence-corrected chi connectivity index (χ0v) is 16.3. The predicted molar refractivity (Wildman–Crippen MR) is 105 cm³/mol. The first-order valence-corrected chi connectivity index (χ1v) is 9.54. The highest BCUT2D eigenvalue weighted by Crippen LogP contribution is 2.33. The molecule has 0 spiro atoms. The Labute approximate surface area is 168 Å². The molecule has 0 saturated heterocycles. The van der Waals surface area contributed by atoms with Crippen LogP contribution in [0.1, 0.15) is 62.5 Å². The van der Waals surface area contributed by atoms with Gasteiger partial charge in [-0.05, 0) is 56.0 Å². The van der Waals surface area contributed by atoms with Crippen molar-refractivity contribution in [2.24, 2.45) is 5.41 Å². The number of hydrogen-bond donors (Lipinski definition) is 1. The number of ketones is 1. The fourth-order valence-corrected chi connectivity index (χ4v) is 4.07. The van der Waals surface area contributed by atoms with Crippen LogP contribution in [0, 0.1) is 5.41 Å². The number of rotatable bonds is 5. The van der Waals surface area contributed by atoms with Gasteiger partial charge in [0.05, 0.1) is 16.5 Å². The van der Waals surface area contributed by atoms with Crippen molar-refractivity contribution >= 4 is 23.6 Å². The van der Waals surface area contributed by atoms with E-state index in [4.69, 9.17) is 0 Å². The molecule has 0 fully saturated rings. The summed E-state index contributed by atoms with van der Waals surface area (Å²) in [5.74, 6) is -1.80. The van der Waals surface area contributed by atoms with Crippen molar-refractivity contribution in [1.82, 2.24) is 4.90 Å². The summed E-state index contributed by atoms with van der Waals surface area (Å²) in [6.07, 6.45) is 0.948. The minimum atomic E-state index is -1.14. The first-order chi connectivity index (χ1) is 13.7. The van der Waals surface area contributed by atoms with Gasteiger partial charge in [0.25, 0.3) is 11.8 Å². The third-order valence-corrected chi connectivity index (χ3v) is 5.81. The molecule has 1 unspecified atom stereocenters. The number of fused-ring (bicyclic) bond motifs is 2. The monoisotopic (exact) mass is 391 g/mol. The first kappa shape index (κ1) is 19.1. The number of hydrogen-bond acceptors (Lipinski definition) is 4. The molecule has 29 heavy (non-hydrogen) atoms. The van der Waals surface area contributed by atoms with Gasteiger partial charge in [0.15, 0.2) is 5.78 Å². The second-order valence-corrected chi connectivity index (χ2v) is 8.36. The number of benzene rings is 2. The van der Waals surface area contributed by atoms with Gasteiger partial charge in [-0.25, -0.2) is 0 Å². The van der Waals surface area contributed by atoms with Crippen molar-refractivity contribution in [2.45, 2.75) is 39.2 Å². The molecule has 2 amide bonds. The second-order valence-electron chi connectivity index (χ2n) is 8.36. The van der Waals surface area contributed by atoms with Gasteiger partial charge in [0.1, 0.15) is 0 Å². The van der Waals surface area contributed by atoms with Crippen molar-refractivity contribution in [3.8, 4) is 0 Å². The van der Waals surface area contributed by atoms with E-state index in [0.717, 1.165) is 11.1 Å². The first-order valence-electron chi connectivity index (χ1n) is 9.54. The highest BCUT2D eigenvalue weighted by molar-refractivity contribution is 6.21. The van der Waals surface area contributed by atoms with Crippen molar-refractivity contribution in [3.63, 3.8) is 0 Å². The molecule has 2 aliphatic rings. The van der Waals surface area contributed by atoms with E-state index in [0.29, 0.717) is 29.5 Å². The van der Waals surface area contributed by atoms with E-state index in [9.17, 15) is 24.3 Å². The maximum atomic E-state index is 12.7. The van der Waals surface area contributed by atoms with E-state index >= 15 is 0 Å². The van der Waals surface area contributed by atoms with Gasteiger partial charge in [-0.1, -0.05) is 24.3 Å². The molecule has 0 bridgehead atoms. The van der Waals surface area contributed by atoms with E-state index in [1.807, 2.05) is 6.07 Å². The normalized spacial score (nSPS) is 18.0. The summed E-state index contributed by atoms with van der Waals surface area (Å²) in [6.45, 7) is 3.05. The molecular weight excluding hydrogens is 370 g/mol. The average molecular weight is 391 g/mol. The molecule has 1 N–H and O–H groups in total. The highest BCUT2D eigenvalue weighted by Gasteiger charge is 2.42. The van der Waals surface area contributed by atoms with Crippen molar-refractivity contribution < 1.29 is 24.3 Å². The van der Waals surface area contributed by atoms with Gasteiger partial charge < -0.3 is 5.11 Å². The lowest BCUT2D eigenvalue weighted by Gasteiger charge is -2.21. The lowest BCUT2D eigenvalue weighted by molar-refractivity contribution is -0.146. The summed E-state index contributed by atoms with van der Waals surface area (Å²) in [5, 5.41) is 9.25. The van der Waals surface area contributed by atoms with Crippen molar-refractivity contribution in [1.29, 1.82) is 0 Å². The predicted octanol–water partition coefficient (Wildman–Crippen LogP) is 3.13. The molecule has 4 rings (SSSR count). The fraction of sp³-hybridized carbons (Fsp3) is 0.304. The minimum Gasteiger partial charge on any atom is -0.481 e. The van der Waals surface area contributed by atoms with Crippen LogP contribution in [0.4, 0.5) is 0 Å². The topological polar surface area (TPSA) is 91.8 Å². The summed E-state index contributed by atoms with van der Waals surface area (Å²) < 4.78 is 0. The number of amides is 2. The van der Waals surface area contributed by atoms with Crippen LogP contribution in [-0.2, 0) is 17.6 Å². The van der Waals surface area contributed by atoms with Crippen molar-refractivity contribution in [3.05, 3.63) is 70.3 Å². The third kappa shape index (κ3) is 3.14. The molecule has 1 heterocycles. The Balaban J connectivity index is 1.54. The summed E-state index contributed by atoms with van der Waals surface area (Å²) in [6, 6.07) is 11.8. The fourth-order valence-electron chi connectivity index (χ4n) is 4.07. The van der Waals surface area contributed by atoms with Gasteiger partial charge in [0, 0.05) is 18.0 Å². The van der Waals surface area contributed by atoms with Crippen LogP contribution >= 0.6 is 0 Å². The number of nitrogens with zero attached hydrogens (tertiary/aromatic N) is 1. The molecular formula is C23H21NO5. The Bertz CT molecular complexity index is 1030. The zero-order valence-electron chi connectivity index (χ0n) is 16.3. The SMILES string of the molecule is CC(C)(CC(=O)c1ccc2c(c1)CC(N1C(=O)c3ccccc3C1=O)C2)C(=O)O. The second kappa shape index (κ2) is 6.65. The quantitative estimate of drug-likeness (QED) is 0.624. The molecule has 1 atom stereocenters. The number of carboxylic acid groups (broad SMARTS) is 1. The maximum absolute atomic E-state index is 12.7. The van der Waals surface area contributed by atoms with Crippen LogP contribution < -0.4 is 0 Å². The Morgan fingerprint density at radius 3 is 2.17 bits per heavy atom. The number of aliphatic carboxylic acids is 1. The van der Waals surface area contributed by atoms with Crippen LogP contribution in [0.3, 0.4) is 0 Å². The summed E-state index contributed by atoms with van der Waals surface area (Å²) >= 11 is 0. The summed E-state index contributed by atoms with van der Waals surface area (Å²) in [4.78, 5) is 50.7. The number of carbonyl (C=O) groups excluding carboxylic acids is 3. The number of Topliss-reactive ketones (excluding diaryl/α,β-unsaturated/α-hetero) is 1. The average Bonchev–Trinajstić information content (AvgIpc) is 3.19. The van der Waals surface area contributed by atoms with E-state index in [-0.39, 0.29) is 30.1 Å². The van der Waals surface area contributed by atoms with Gasteiger partial charge in [-0.2, -0.15) is 0 Å². The van der Waals surface area contributed by atoms with E-state index < -0.39 is 11.4 Å². The Hall–Kier alpha value is -3.28. The van der Waals surface area contributed by atoms with Gasteiger partial charge in [0.2, 0.25) is 0 Å². The summed E-state index contributed by atoms with van der Waals surface area (Å²) in [7, 11) is 0. The molecule has 2 aromatic rings. The van der Waals surface area contributed by atoms with Gasteiger partial charge >= 0.3 is 5.97 Å². The third-order valence-electron chi connectivity index (χ3n) is 5.81. The molecule has 6 nitrogen and oxygen atoms in total. The zero-order chi connectivity index (χ0) is 20.9. The molecule has 6 heteroatoms.